The fraction of sp³-hybridized carbons (Fsp3) is 0.688. The summed E-state index contributed by atoms with van der Waals surface area (Å²) in [5, 5.41) is 0. The van der Waals surface area contributed by atoms with E-state index >= 15 is 0 Å². The lowest BCUT2D eigenvalue weighted by molar-refractivity contribution is 0.00578. The Balaban J connectivity index is 2.27. The maximum atomic E-state index is 6.10. The third-order valence-corrected chi connectivity index (χ3v) is 4.78. The van der Waals surface area contributed by atoms with Crippen molar-refractivity contribution >= 4 is 18.4 Å². The van der Waals surface area contributed by atoms with Gasteiger partial charge < -0.3 is 14.2 Å². The third kappa shape index (κ3) is 2.95. The lowest BCUT2D eigenvalue weighted by Gasteiger charge is -2.32. The van der Waals surface area contributed by atoms with E-state index < -0.39 is 0 Å². The lowest BCUT2D eigenvalue weighted by atomic mass is 9.77. The highest BCUT2D eigenvalue weighted by molar-refractivity contribution is 6.62. The maximum absolute atomic E-state index is 6.10. The van der Waals surface area contributed by atoms with Gasteiger partial charge in [-0.2, -0.15) is 0 Å². The minimum Gasteiger partial charge on any atom is -0.399 e. The first kappa shape index (κ1) is 16.3. The normalized spacial score (nSPS) is 20.1. The van der Waals surface area contributed by atoms with Gasteiger partial charge in [0.2, 0.25) is 0 Å². The second kappa shape index (κ2) is 5.29. The fourth-order valence-electron chi connectivity index (χ4n) is 2.23. The topological polar surface area (TPSA) is 34.6 Å². The van der Waals surface area contributed by atoms with E-state index in [2.05, 4.69) is 71.5 Å². The summed E-state index contributed by atoms with van der Waals surface area (Å²) in [4.78, 5) is 6.72. The minimum atomic E-state index is -0.346. The number of pyridine rings is 1. The molecule has 116 valence electrons. The largest absolute Gasteiger partial charge is 0.496 e. The molecule has 2 rings (SSSR count). The van der Waals surface area contributed by atoms with Crippen LogP contribution in [0.5, 0.6) is 0 Å². The summed E-state index contributed by atoms with van der Waals surface area (Å²) in [5.74, 6) is 0.975. The Labute approximate surface area is 129 Å². The second-order valence-corrected chi connectivity index (χ2v) is 7.19. The van der Waals surface area contributed by atoms with E-state index in [4.69, 9.17) is 9.31 Å². The Bertz CT molecular complexity index is 513. The number of anilines is 1. The van der Waals surface area contributed by atoms with Crippen LogP contribution in [0, 0.1) is 6.92 Å². The molecule has 0 radical (unpaired) electrons. The molecule has 0 aliphatic carbocycles. The van der Waals surface area contributed by atoms with E-state index in [-0.39, 0.29) is 18.3 Å². The van der Waals surface area contributed by atoms with Crippen LogP contribution in [0.15, 0.2) is 12.3 Å². The number of hydrogen-bond donors (Lipinski definition) is 0. The smallest absolute Gasteiger partial charge is 0.399 e. The molecular formula is C16H27BN2O2. The highest BCUT2D eigenvalue weighted by Gasteiger charge is 2.52. The number of aryl methyl sites for hydroxylation is 1. The van der Waals surface area contributed by atoms with Crippen LogP contribution in [-0.4, -0.2) is 36.4 Å². The van der Waals surface area contributed by atoms with Crippen molar-refractivity contribution in [2.24, 2.45) is 0 Å². The molecule has 1 saturated heterocycles. The van der Waals surface area contributed by atoms with E-state index in [1.807, 2.05) is 6.20 Å². The molecule has 1 aliphatic rings. The van der Waals surface area contributed by atoms with Crippen LogP contribution in [-0.2, 0) is 9.31 Å². The van der Waals surface area contributed by atoms with Crippen LogP contribution in [0.3, 0.4) is 0 Å². The summed E-state index contributed by atoms with van der Waals surface area (Å²) in [6, 6.07) is 2.51. The van der Waals surface area contributed by atoms with Crippen LogP contribution in [0.1, 0.15) is 47.1 Å². The van der Waals surface area contributed by atoms with Crippen molar-refractivity contribution in [3.05, 3.63) is 17.8 Å². The average Bonchev–Trinajstić information content (AvgIpc) is 2.56. The molecular weight excluding hydrogens is 263 g/mol. The summed E-state index contributed by atoms with van der Waals surface area (Å²) >= 11 is 0. The predicted molar refractivity (Wildman–Crippen MR) is 88.2 cm³/mol. The third-order valence-electron chi connectivity index (χ3n) is 4.78. The lowest BCUT2D eigenvalue weighted by Crippen LogP contribution is -2.41. The van der Waals surface area contributed by atoms with Gasteiger partial charge in [0.15, 0.2) is 0 Å². The zero-order valence-corrected chi connectivity index (χ0v) is 14.5. The van der Waals surface area contributed by atoms with Crippen LogP contribution in [0.25, 0.3) is 0 Å². The van der Waals surface area contributed by atoms with Gasteiger partial charge >= 0.3 is 7.12 Å². The van der Waals surface area contributed by atoms with Gasteiger partial charge in [-0.25, -0.2) is 4.98 Å². The van der Waals surface area contributed by atoms with Crippen molar-refractivity contribution in [2.75, 3.05) is 11.9 Å². The average molecular weight is 290 g/mol. The van der Waals surface area contributed by atoms with Gasteiger partial charge in [0.25, 0.3) is 0 Å². The van der Waals surface area contributed by atoms with Crippen molar-refractivity contribution < 1.29 is 9.31 Å². The number of aromatic nitrogens is 1. The Kier molecular flexibility index (Phi) is 4.11. The number of rotatable bonds is 3. The zero-order valence-electron chi connectivity index (χ0n) is 14.5. The van der Waals surface area contributed by atoms with E-state index in [0.717, 1.165) is 16.8 Å². The van der Waals surface area contributed by atoms with Gasteiger partial charge in [-0.15, -0.1) is 0 Å². The van der Waals surface area contributed by atoms with Gasteiger partial charge in [-0.05, 0) is 60.1 Å². The molecule has 1 aromatic heterocycles. The van der Waals surface area contributed by atoms with Crippen molar-refractivity contribution in [3.8, 4) is 0 Å². The van der Waals surface area contributed by atoms with E-state index in [0.29, 0.717) is 6.04 Å². The van der Waals surface area contributed by atoms with Gasteiger partial charge in [0.05, 0.1) is 11.2 Å². The minimum absolute atomic E-state index is 0.322. The first-order chi connectivity index (χ1) is 9.55. The Morgan fingerprint density at radius 1 is 1.14 bits per heavy atom. The van der Waals surface area contributed by atoms with Crippen molar-refractivity contribution in [3.63, 3.8) is 0 Å². The van der Waals surface area contributed by atoms with Crippen LogP contribution in [0.2, 0.25) is 0 Å². The molecule has 4 nitrogen and oxygen atoms in total. The highest BCUT2D eigenvalue weighted by atomic mass is 16.7. The first-order valence-electron chi connectivity index (χ1n) is 7.60. The van der Waals surface area contributed by atoms with E-state index in [1.54, 1.807) is 0 Å². The summed E-state index contributed by atoms with van der Waals surface area (Å²) in [6.45, 7) is 14.7. The summed E-state index contributed by atoms with van der Waals surface area (Å²) in [5.41, 5.74) is 1.51. The Hall–Kier alpha value is -1.07. The molecule has 0 spiro atoms. The Morgan fingerprint density at radius 2 is 1.67 bits per heavy atom. The number of hydrogen-bond acceptors (Lipinski definition) is 4. The highest BCUT2D eigenvalue weighted by Crippen LogP contribution is 2.36. The van der Waals surface area contributed by atoms with Gasteiger partial charge in [0.1, 0.15) is 5.82 Å². The van der Waals surface area contributed by atoms with Gasteiger partial charge in [0, 0.05) is 24.7 Å². The molecule has 0 N–H and O–H groups in total. The molecule has 0 atom stereocenters. The van der Waals surface area contributed by atoms with Crippen molar-refractivity contribution in [1.82, 2.24) is 4.98 Å². The van der Waals surface area contributed by atoms with E-state index in [9.17, 15) is 0 Å². The Morgan fingerprint density at radius 3 is 2.10 bits per heavy atom. The molecule has 1 aromatic rings. The van der Waals surface area contributed by atoms with Crippen molar-refractivity contribution in [2.45, 2.75) is 65.7 Å². The molecule has 0 unspecified atom stereocenters. The molecule has 0 saturated carbocycles. The van der Waals surface area contributed by atoms with E-state index in [1.165, 1.54) is 0 Å². The molecule has 5 heteroatoms. The van der Waals surface area contributed by atoms with Crippen LogP contribution < -0.4 is 10.4 Å². The van der Waals surface area contributed by atoms with Crippen molar-refractivity contribution in [1.29, 1.82) is 0 Å². The predicted octanol–water partition coefficient (Wildman–Crippen LogP) is 2.53. The first-order valence-corrected chi connectivity index (χ1v) is 7.60. The quantitative estimate of drug-likeness (QED) is 0.801. The second-order valence-electron chi connectivity index (χ2n) is 7.19. The van der Waals surface area contributed by atoms with Crippen LogP contribution >= 0.6 is 0 Å². The molecule has 1 aliphatic heterocycles. The van der Waals surface area contributed by atoms with Gasteiger partial charge in [-0.3, -0.25) is 0 Å². The molecule has 2 heterocycles. The molecule has 21 heavy (non-hydrogen) atoms. The molecule has 1 fully saturated rings. The molecule has 0 aromatic carbocycles. The fourth-order valence-corrected chi connectivity index (χ4v) is 2.23. The monoisotopic (exact) mass is 290 g/mol. The number of nitrogens with zero attached hydrogens (tertiary/aromatic N) is 2. The summed E-state index contributed by atoms with van der Waals surface area (Å²) in [7, 11) is 1.71. The summed E-state index contributed by atoms with van der Waals surface area (Å²) < 4.78 is 12.2. The van der Waals surface area contributed by atoms with Crippen LogP contribution in [0.4, 0.5) is 5.82 Å². The molecule has 0 amide bonds. The van der Waals surface area contributed by atoms with Gasteiger partial charge in [-0.1, -0.05) is 0 Å². The summed E-state index contributed by atoms with van der Waals surface area (Å²) in [6.07, 6.45) is 1.88. The zero-order chi connectivity index (χ0) is 16.0. The molecule has 0 bridgehead atoms. The maximum Gasteiger partial charge on any atom is 0.496 e. The standard InChI is InChI=1S/C16H27BN2O2/c1-11(2)19(8)14-9-12(3)13(10-18-14)17-20-15(4,5)16(6,7)21-17/h9-11H,1-8H3. The SMILES string of the molecule is Cc1cc(N(C)C(C)C)ncc1B1OC(C)(C)C(C)(C)O1.